The van der Waals surface area contributed by atoms with Crippen molar-refractivity contribution >= 4 is 48.9 Å². The van der Waals surface area contributed by atoms with Crippen molar-refractivity contribution in [2.24, 2.45) is 0 Å². The zero-order valence-corrected chi connectivity index (χ0v) is 27.3. The van der Waals surface area contributed by atoms with Crippen molar-refractivity contribution in [1.82, 2.24) is 14.5 Å². The Hall–Kier alpha value is -4.60. The lowest BCUT2D eigenvalue weighted by Gasteiger charge is -2.36. The van der Waals surface area contributed by atoms with Gasteiger partial charge < -0.3 is 23.9 Å². The summed E-state index contributed by atoms with van der Waals surface area (Å²) in [5, 5.41) is 5.51. The van der Waals surface area contributed by atoms with Gasteiger partial charge in [-0.15, -0.1) is 11.3 Å². The van der Waals surface area contributed by atoms with Crippen molar-refractivity contribution in [2.75, 3.05) is 50.8 Å². The Labute approximate surface area is 277 Å². The van der Waals surface area contributed by atoms with Crippen LogP contribution in [0.1, 0.15) is 25.7 Å². The number of anilines is 1. The van der Waals surface area contributed by atoms with Crippen LogP contribution in [0, 0.1) is 0 Å². The minimum absolute atomic E-state index is 0.00816. The third-order valence-electron chi connectivity index (χ3n) is 9.03. The average molecular weight is 649 g/mol. The molecule has 7 rings (SSSR count). The van der Waals surface area contributed by atoms with Crippen LogP contribution in [-0.4, -0.2) is 60.4 Å². The molecule has 0 spiro atoms. The van der Waals surface area contributed by atoms with Gasteiger partial charge in [0.05, 0.1) is 18.7 Å². The van der Waals surface area contributed by atoms with E-state index in [9.17, 15) is 9.59 Å². The Bertz CT molecular complexity index is 2090. The van der Waals surface area contributed by atoms with Gasteiger partial charge in [-0.2, -0.15) is 0 Å². The molecule has 47 heavy (non-hydrogen) atoms. The lowest BCUT2D eigenvalue weighted by atomic mass is 10.2. The first-order chi connectivity index (χ1) is 23.1. The number of nitrogens with zero attached hydrogens (tertiary/aromatic N) is 3. The predicted molar refractivity (Wildman–Crippen MR) is 193 cm³/mol. The normalized spacial score (nSPS) is 13.9. The largest absolute Gasteiger partial charge is 0.494 e. The fourth-order valence-electron chi connectivity index (χ4n) is 6.47. The molecule has 1 aliphatic rings. The van der Waals surface area contributed by atoms with Crippen LogP contribution in [-0.2, 0) is 6.54 Å². The van der Waals surface area contributed by atoms with E-state index in [2.05, 4.69) is 44.4 Å². The molecule has 0 aliphatic carbocycles. The number of H-pyrrole nitrogens is 1. The number of aromatic nitrogens is 2. The maximum absolute atomic E-state index is 12.8. The van der Waals surface area contributed by atoms with Crippen LogP contribution in [0.2, 0.25) is 0 Å². The van der Waals surface area contributed by atoms with Crippen LogP contribution >= 0.6 is 11.3 Å². The number of aryl methyl sites for hydroxylation is 1. The maximum atomic E-state index is 12.8. The van der Waals surface area contributed by atoms with Crippen LogP contribution < -0.4 is 25.5 Å². The molecule has 6 aromatic rings. The first-order valence-corrected chi connectivity index (χ1v) is 17.4. The number of ether oxygens (including phenoxy) is 2. The van der Waals surface area contributed by atoms with Crippen molar-refractivity contribution in [2.45, 2.75) is 32.2 Å². The van der Waals surface area contributed by atoms with E-state index in [0.29, 0.717) is 19.8 Å². The van der Waals surface area contributed by atoms with Crippen LogP contribution in [0.25, 0.3) is 31.9 Å². The van der Waals surface area contributed by atoms with E-state index < -0.39 is 0 Å². The highest BCUT2D eigenvalue weighted by Crippen LogP contribution is 2.31. The second kappa shape index (κ2) is 14.4. The summed E-state index contributed by atoms with van der Waals surface area (Å²) in [4.78, 5) is 32.3. The summed E-state index contributed by atoms with van der Waals surface area (Å²) in [5.74, 6) is 1.56. The molecule has 4 heterocycles. The van der Waals surface area contributed by atoms with Gasteiger partial charge in [-0.3, -0.25) is 14.5 Å². The number of aromatic amines is 1. The topological polar surface area (TPSA) is 79.8 Å². The number of fused-ring (bicyclic) bond motifs is 3. The molecule has 242 valence electrons. The first kappa shape index (κ1) is 31.0. The summed E-state index contributed by atoms with van der Waals surface area (Å²) in [5.41, 5.74) is 2.93. The van der Waals surface area contributed by atoms with Gasteiger partial charge in [0.25, 0.3) is 5.56 Å². The van der Waals surface area contributed by atoms with Gasteiger partial charge in [0, 0.05) is 77.6 Å². The Balaban J connectivity index is 0.854. The minimum Gasteiger partial charge on any atom is -0.494 e. The fraction of sp³-hybridized carbons (Fsp3) is 0.316. The molecule has 1 fully saturated rings. The summed E-state index contributed by atoms with van der Waals surface area (Å²) in [6.45, 7) is 7.19. The van der Waals surface area contributed by atoms with Crippen LogP contribution in [0.15, 0.2) is 99.9 Å². The van der Waals surface area contributed by atoms with Crippen LogP contribution in [0.4, 0.5) is 5.69 Å². The molecule has 1 N–H and O–H groups in total. The maximum Gasteiger partial charge on any atom is 0.251 e. The highest BCUT2D eigenvalue weighted by Gasteiger charge is 2.18. The molecular weight excluding hydrogens is 609 g/mol. The van der Waals surface area contributed by atoms with E-state index in [-0.39, 0.29) is 11.1 Å². The Morgan fingerprint density at radius 1 is 0.702 bits per heavy atom. The smallest absolute Gasteiger partial charge is 0.251 e. The fourth-order valence-corrected chi connectivity index (χ4v) is 7.27. The summed E-state index contributed by atoms with van der Waals surface area (Å²) < 4.78 is 15.3. The van der Waals surface area contributed by atoms with Crippen molar-refractivity contribution in [1.29, 1.82) is 0 Å². The van der Waals surface area contributed by atoms with Gasteiger partial charge >= 0.3 is 0 Å². The van der Waals surface area contributed by atoms with Crippen LogP contribution in [0.3, 0.4) is 0 Å². The van der Waals surface area contributed by atoms with E-state index >= 15 is 0 Å². The molecule has 0 atom stereocenters. The Morgan fingerprint density at radius 2 is 1.45 bits per heavy atom. The number of hydrogen-bond donors (Lipinski definition) is 1. The second-order valence-corrected chi connectivity index (χ2v) is 13.1. The zero-order chi connectivity index (χ0) is 32.0. The third kappa shape index (κ3) is 7.37. The SMILES string of the molecule is O=c1ccc2cc(OCCCCn3c(=O)ccc4ccc(OCCCCN5CCN(c6cccc7sccc67)CC5)cc43)ccc2[nH]1. The van der Waals surface area contributed by atoms with E-state index in [4.69, 9.17) is 9.47 Å². The average Bonchev–Trinajstić information content (AvgIpc) is 3.59. The highest BCUT2D eigenvalue weighted by molar-refractivity contribution is 7.17. The Kier molecular flexibility index (Phi) is 9.53. The molecule has 0 unspecified atom stereocenters. The lowest BCUT2D eigenvalue weighted by molar-refractivity contribution is 0.239. The summed E-state index contributed by atoms with van der Waals surface area (Å²) >= 11 is 1.81. The number of piperazine rings is 1. The van der Waals surface area contributed by atoms with E-state index in [0.717, 1.165) is 91.7 Å². The van der Waals surface area contributed by atoms with Gasteiger partial charge in [-0.05, 0) is 104 Å². The molecule has 1 saturated heterocycles. The van der Waals surface area contributed by atoms with E-state index in [1.807, 2.05) is 58.4 Å². The van der Waals surface area contributed by atoms with E-state index in [1.54, 1.807) is 12.1 Å². The molecule has 9 heteroatoms. The molecule has 1 aliphatic heterocycles. The number of rotatable bonds is 13. The minimum atomic E-state index is -0.117. The van der Waals surface area contributed by atoms with Crippen molar-refractivity contribution in [3.63, 3.8) is 0 Å². The van der Waals surface area contributed by atoms with Crippen molar-refractivity contribution in [3.8, 4) is 11.5 Å². The quantitative estimate of drug-likeness (QED) is 0.137. The third-order valence-corrected chi connectivity index (χ3v) is 9.91. The molecule has 3 aromatic carbocycles. The lowest BCUT2D eigenvalue weighted by Crippen LogP contribution is -2.46. The van der Waals surface area contributed by atoms with Gasteiger partial charge in [0.1, 0.15) is 11.5 Å². The number of unbranched alkanes of at least 4 members (excludes halogenated alkanes) is 2. The molecule has 0 amide bonds. The monoisotopic (exact) mass is 648 g/mol. The summed E-state index contributed by atoms with van der Waals surface area (Å²) in [6.07, 6.45) is 3.70. The molecule has 0 bridgehead atoms. The zero-order valence-electron chi connectivity index (χ0n) is 26.5. The molecular formula is C38H40N4O4S. The number of nitrogens with one attached hydrogen (secondary N) is 1. The van der Waals surface area contributed by atoms with Gasteiger partial charge in [-0.1, -0.05) is 6.07 Å². The predicted octanol–water partition coefficient (Wildman–Crippen LogP) is 6.90. The van der Waals surface area contributed by atoms with Gasteiger partial charge in [0.15, 0.2) is 0 Å². The molecule has 8 nitrogen and oxygen atoms in total. The first-order valence-electron chi connectivity index (χ1n) is 16.6. The van der Waals surface area contributed by atoms with E-state index in [1.165, 1.54) is 21.8 Å². The number of benzene rings is 3. The second-order valence-electron chi connectivity index (χ2n) is 12.2. The molecule has 0 radical (unpaired) electrons. The standard InChI is InChI=1S/C38H40N4O4S/c43-37-14-9-29-26-30(12-13-33(29)39-37)45-24-4-2-18-42-35-27-31(11-8-28(35)10-15-38(42)44)46-23-3-1-17-40-19-21-41(22-20-40)34-6-5-7-36-32(34)16-25-47-36/h5-16,25-27H,1-4,17-24H2,(H,39,43). The molecule has 0 saturated carbocycles. The van der Waals surface area contributed by atoms with Crippen molar-refractivity contribution in [3.05, 3.63) is 111 Å². The summed E-state index contributed by atoms with van der Waals surface area (Å²) in [6, 6.07) is 27.4. The highest BCUT2D eigenvalue weighted by atomic mass is 32.1. The van der Waals surface area contributed by atoms with Gasteiger partial charge in [-0.25, -0.2) is 0 Å². The van der Waals surface area contributed by atoms with Gasteiger partial charge in [0.2, 0.25) is 5.56 Å². The molecule has 3 aromatic heterocycles. The summed E-state index contributed by atoms with van der Waals surface area (Å²) in [7, 11) is 0. The Morgan fingerprint density at radius 3 is 2.30 bits per heavy atom. The number of hydrogen-bond acceptors (Lipinski definition) is 7. The van der Waals surface area contributed by atoms with Crippen LogP contribution in [0.5, 0.6) is 11.5 Å². The van der Waals surface area contributed by atoms with Crippen molar-refractivity contribution < 1.29 is 9.47 Å². The number of pyridine rings is 2. The number of thiophene rings is 1.